The van der Waals surface area contributed by atoms with Gasteiger partial charge >= 0.3 is 7.82 Å². The largest absolute Gasteiger partial charge is 0.477 e. The fraction of sp³-hybridized carbons (Fsp3) is 0.143. The van der Waals surface area contributed by atoms with Gasteiger partial charge in [0, 0.05) is 5.56 Å². The van der Waals surface area contributed by atoms with Crippen LogP contribution in [0.5, 0.6) is 0 Å². The Morgan fingerprint density at radius 2 is 1.83 bits per heavy atom. The standard InChI is InChI=1S/C7H7O4P/c8-12(9)10-7(11-12)6-4-2-1-3-5-6/h1-5,7H,(H,8,9). The Labute approximate surface area is 69.4 Å². The van der Waals surface area contributed by atoms with Gasteiger partial charge in [-0.25, -0.2) is 4.57 Å². The van der Waals surface area contributed by atoms with Gasteiger partial charge in [-0.05, 0) is 0 Å². The van der Waals surface area contributed by atoms with E-state index in [1.54, 1.807) is 12.1 Å². The minimum atomic E-state index is -3.69. The number of rotatable bonds is 1. The van der Waals surface area contributed by atoms with Crippen molar-refractivity contribution < 1.29 is 18.5 Å². The second-order valence-electron chi connectivity index (χ2n) is 2.42. The molecule has 64 valence electrons. The van der Waals surface area contributed by atoms with Gasteiger partial charge in [0.2, 0.25) is 6.29 Å². The van der Waals surface area contributed by atoms with Gasteiger partial charge in [0.05, 0.1) is 0 Å². The topological polar surface area (TPSA) is 55.8 Å². The smallest absolute Gasteiger partial charge is 0.302 e. The van der Waals surface area contributed by atoms with Crippen molar-refractivity contribution in [3.63, 3.8) is 0 Å². The monoisotopic (exact) mass is 186 g/mol. The molecule has 1 saturated heterocycles. The van der Waals surface area contributed by atoms with Crippen molar-refractivity contribution in [2.45, 2.75) is 6.29 Å². The Kier molecular flexibility index (Phi) is 1.77. The summed E-state index contributed by atoms with van der Waals surface area (Å²) in [7, 11) is -3.69. The molecule has 0 spiro atoms. The summed E-state index contributed by atoms with van der Waals surface area (Å²) in [4.78, 5) is 8.66. The highest BCUT2D eigenvalue weighted by Crippen LogP contribution is 2.61. The third-order valence-corrected chi connectivity index (χ3v) is 2.45. The molecule has 0 amide bonds. The Bertz CT molecular complexity index is 313. The van der Waals surface area contributed by atoms with E-state index in [1.165, 1.54) is 0 Å². The number of phosphoric acid groups is 1. The van der Waals surface area contributed by atoms with E-state index in [1.807, 2.05) is 18.2 Å². The van der Waals surface area contributed by atoms with Crippen molar-refractivity contribution in [2.75, 3.05) is 0 Å². The van der Waals surface area contributed by atoms with Crippen molar-refractivity contribution >= 4 is 7.82 Å². The average molecular weight is 186 g/mol. The number of hydrogen-bond acceptors (Lipinski definition) is 3. The molecule has 0 unspecified atom stereocenters. The predicted molar refractivity (Wildman–Crippen MR) is 41.2 cm³/mol. The zero-order valence-corrected chi connectivity index (χ0v) is 6.98. The maximum absolute atomic E-state index is 10.6. The lowest BCUT2D eigenvalue weighted by atomic mass is 10.2. The molecule has 12 heavy (non-hydrogen) atoms. The number of phosphoric ester groups is 1. The fourth-order valence-corrected chi connectivity index (χ4v) is 1.72. The lowest BCUT2D eigenvalue weighted by Gasteiger charge is -2.30. The van der Waals surface area contributed by atoms with Gasteiger partial charge in [-0.1, -0.05) is 30.3 Å². The molecule has 0 aliphatic carbocycles. The maximum atomic E-state index is 10.6. The Morgan fingerprint density at radius 1 is 1.25 bits per heavy atom. The molecule has 1 N–H and O–H groups in total. The van der Waals surface area contributed by atoms with Gasteiger partial charge in [0.1, 0.15) is 0 Å². The molecule has 1 aliphatic heterocycles. The SMILES string of the molecule is O=P1(O)OC(c2ccccc2)O1. The molecule has 5 heteroatoms. The summed E-state index contributed by atoms with van der Waals surface area (Å²) in [6.07, 6.45) is -0.679. The van der Waals surface area contributed by atoms with Crippen LogP contribution in [0.2, 0.25) is 0 Å². The van der Waals surface area contributed by atoms with Crippen molar-refractivity contribution in [3.8, 4) is 0 Å². The first-order valence-electron chi connectivity index (χ1n) is 3.42. The van der Waals surface area contributed by atoms with Crippen LogP contribution in [-0.2, 0) is 13.6 Å². The first kappa shape index (κ1) is 7.95. The van der Waals surface area contributed by atoms with Crippen LogP contribution < -0.4 is 0 Å². The van der Waals surface area contributed by atoms with Crippen molar-refractivity contribution in [1.29, 1.82) is 0 Å². The first-order valence-corrected chi connectivity index (χ1v) is 4.91. The second-order valence-corrected chi connectivity index (χ2v) is 3.78. The van der Waals surface area contributed by atoms with Crippen LogP contribution in [0.1, 0.15) is 11.9 Å². The van der Waals surface area contributed by atoms with Gasteiger partial charge in [-0.2, -0.15) is 0 Å². The van der Waals surface area contributed by atoms with Gasteiger partial charge < -0.3 is 4.89 Å². The lowest BCUT2D eigenvalue weighted by molar-refractivity contribution is -0.121. The normalized spacial score (nSPS) is 34.2. The summed E-state index contributed by atoms with van der Waals surface area (Å²) in [5.74, 6) is 0. The van der Waals surface area contributed by atoms with Gasteiger partial charge in [-0.15, -0.1) is 0 Å². The van der Waals surface area contributed by atoms with E-state index in [9.17, 15) is 4.57 Å². The molecule has 2 rings (SSSR count). The van der Waals surface area contributed by atoms with E-state index in [0.717, 1.165) is 5.56 Å². The number of benzene rings is 1. The molecule has 1 aromatic carbocycles. The Balaban J connectivity index is 2.11. The zero-order chi connectivity index (χ0) is 8.60. The molecule has 1 heterocycles. The highest BCUT2D eigenvalue weighted by molar-refractivity contribution is 7.48. The lowest BCUT2D eigenvalue weighted by Crippen LogP contribution is -2.16. The summed E-state index contributed by atoms with van der Waals surface area (Å²) in [6, 6.07) is 9.00. The second kappa shape index (κ2) is 2.68. The average Bonchev–Trinajstić information content (AvgIpc) is 2.02. The third kappa shape index (κ3) is 1.42. The van der Waals surface area contributed by atoms with E-state index in [0.29, 0.717) is 0 Å². The highest BCUT2D eigenvalue weighted by atomic mass is 31.2. The maximum Gasteiger partial charge on any atom is 0.477 e. The van der Waals surface area contributed by atoms with Crippen LogP contribution in [0.15, 0.2) is 30.3 Å². The molecule has 1 aromatic rings. The zero-order valence-electron chi connectivity index (χ0n) is 6.08. The summed E-state index contributed by atoms with van der Waals surface area (Å²) < 4.78 is 19.8. The first-order chi connectivity index (χ1) is 5.67. The molecule has 0 atom stereocenters. The van der Waals surface area contributed by atoms with Crippen molar-refractivity contribution in [3.05, 3.63) is 35.9 Å². The Hall–Kier alpha value is -0.670. The van der Waals surface area contributed by atoms with E-state index in [4.69, 9.17) is 4.89 Å². The summed E-state index contributed by atoms with van der Waals surface area (Å²) in [6.45, 7) is 0. The highest BCUT2D eigenvalue weighted by Gasteiger charge is 2.42. The van der Waals surface area contributed by atoms with Gasteiger partial charge in [0.15, 0.2) is 0 Å². The molecule has 4 nitrogen and oxygen atoms in total. The van der Waals surface area contributed by atoms with Crippen LogP contribution in [0.4, 0.5) is 0 Å². The van der Waals surface area contributed by atoms with E-state index >= 15 is 0 Å². The minimum Gasteiger partial charge on any atom is -0.302 e. The Morgan fingerprint density at radius 3 is 2.33 bits per heavy atom. The van der Waals surface area contributed by atoms with Crippen LogP contribution in [0.3, 0.4) is 0 Å². The molecule has 1 fully saturated rings. The quantitative estimate of drug-likeness (QED) is 0.679. The molecule has 0 bridgehead atoms. The summed E-state index contributed by atoms with van der Waals surface area (Å²) in [5, 5.41) is 0. The van der Waals surface area contributed by atoms with Crippen LogP contribution in [0.25, 0.3) is 0 Å². The van der Waals surface area contributed by atoms with E-state index < -0.39 is 14.1 Å². The van der Waals surface area contributed by atoms with Crippen LogP contribution in [-0.4, -0.2) is 4.89 Å². The molecule has 0 radical (unpaired) electrons. The van der Waals surface area contributed by atoms with Crippen LogP contribution in [0, 0.1) is 0 Å². The molecular formula is C7H7O4P. The molecule has 0 aromatic heterocycles. The van der Waals surface area contributed by atoms with E-state index in [2.05, 4.69) is 9.05 Å². The molecule has 0 saturated carbocycles. The molecule has 1 aliphatic rings. The predicted octanol–water partition coefficient (Wildman–Crippen LogP) is 1.83. The third-order valence-electron chi connectivity index (χ3n) is 1.53. The summed E-state index contributed by atoms with van der Waals surface area (Å²) in [5.41, 5.74) is 0.748. The van der Waals surface area contributed by atoms with Crippen molar-refractivity contribution in [2.24, 2.45) is 0 Å². The minimum absolute atomic E-state index is 0.679. The molecular weight excluding hydrogens is 179 g/mol. The fourth-order valence-electron chi connectivity index (χ4n) is 0.982. The van der Waals surface area contributed by atoms with Gasteiger partial charge in [0.25, 0.3) is 0 Å². The van der Waals surface area contributed by atoms with E-state index in [-0.39, 0.29) is 0 Å². The number of hydrogen-bond donors (Lipinski definition) is 1. The van der Waals surface area contributed by atoms with Crippen LogP contribution >= 0.6 is 7.82 Å². The van der Waals surface area contributed by atoms with Gasteiger partial charge in [-0.3, -0.25) is 9.05 Å². The van der Waals surface area contributed by atoms with Crippen molar-refractivity contribution in [1.82, 2.24) is 0 Å². The summed E-state index contributed by atoms with van der Waals surface area (Å²) >= 11 is 0.